The van der Waals surface area contributed by atoms with Crippen molar-refractivity contribution in [3.8, 4) is 0 Å². The van der Waals surface area contributed by atoms with Gasteiger partial charge in [-0.2, -0.15) is 4.98 Å². The predicted molar refractivity (Wildman–Crippen MR) is 85.0 cm³/mol. The number of benzene rings is 1. The summed E-state index contributed by atoms with van der Waals surface area (Å²) in [6, 6.07) is 5.58. The van der Waals surface area contributed by atoms with Crippen LogP contribution in [0.4, 0.5) is 11.8 Å². The SMILES string of the molecule is CCNc1nc(N2C[CH]C2)c2oc3ccc(Cl)cc3c2n1. The Labute approximate surface area is 126 Å². The minimum Gasteiger partial charge on any atom is -0.450 e. The number of nitrogens with one attached hydrogen (secondary N) is 1. The Bertz CT molecular complexity index is 825. The van der Waals surface area contributed by atoms with Crippen LogP contribution >= 0.6 is 11.6 Å². The van der Waals surface area contributed by atoms with Crippen molar-refractivity contribution in [2.24, 2.45) is 0 Å². The maximum Gasteiger partial charge on any atom is 0.225 e. The molecule has 107 valence electrons. The molecule has 1 aliphatic rings. The van der Waals surface area contributed by atoms with Crippen molar-refractivity contribution in [3.63, 3.8) is 0 Å². The largest absolute Gasteiger partial charge is 0.450 e. The van der Waals surface area contributed by atoms with Crippen LogP contribution in [0.1, 0.15) is 6.92 Å². The Hall–Kier alpha value is -2.01. The molecule has 5 nitrogen and oxygen atoms in total. The van der Waals surface area contributed by atoms with Crippen LogP contribution in [0, 0.1) is 6.42 Å². The third-order valence-electron chi connectivity index (χ3n) is 3.59. The normalized spacial score (nSPS) is 14.7. The highest BCUT2D eigenvalue weighted by atomic mass is 35.5. The molecule has 1 saturated heterocycles. The van der Waals surface area contributed by atoms with Gasteiger partial charge < -0.3 is 14.6 Å². The van der Waals surface area contributed by atoms with Gasteiger partial charge in [0.1, 0.15) is 11.1 Å². The number of anilines is 2. The molecule has 21 heavy (non-hydrogen) atoms. The first-order valence-corrected chi connectivity index (χ1v) is 7.34. The zero-order chi connectivity index (χ0) is 14.4. The third kappa shape index (κ3) is 2.00. The van der Waals surface area contributed by atoms with Gasteiger partial charge in [-0.15, -0.1) is 0 Å². The second-order valence-corrected chi connectivity index (χ2v) is 5.45. The molecule has 1 aliphatic heterocycles. The van der Waals surface area contributed by atoms with Crippen LogP contribution in [0.2, 0.25) is 5.02 Å². The van der Waals surface area contributed by atoms with E-state index in [2.05, 4.69) is 26.6 Å². The van der Waals surface area contributed by atoms with Gasteiger partial charge >= 0.3 is 0 Å². The first kappa shape index (κ1) is 12.7. The molecule has 0 atom stereocenters. The minimum absolute atomic E-state index is 0.620. The molecule has 3 aromatic rings. The van der Waals surface area contributed by atoms with Crippen molar-refractivity contribution in [3.05, 3.63) is 29.6 Å². The van der Waals surface area contributed by atoms with Gasteiger partial charge in [0.15, 0.2) is 11.4 Å². The second-order valence-electron chi connectivity index (χ2n) is 5.02. The Balaban J connectivity index is 2.02. The van der Waals surface area contributed by atoms with Crippen LogP contribution in [0.15, 0.2) is 22.6 Å². The van der Waals surface area contributed by atoms with Crippen LogP contribution in [0.5, 0.6) is 0 Å². The summed E-state index contributed by atoms with van der Waals surface area (Å²) in [5, 5.41) is 4.77. The topological polar surface area (TPSA) is 54.2 Å². The molecule has 0 unspecified atom stereocenters. The van der Waals surface area contributed by atoms with E-state index in [4.69, 9.17) is 16.0 Å². The van der Waals surface area contributed by atoms with Gasteiger partial charge in [0, 0.05) is 36.5 Å². The molecule has 1 radical (unpaired) electrons. The fraction of sp³-hybridized carbons (Fsp3) is 0.267. The molecule has 3 heterocycles. The molecule has 0 aliphatic carbocycles. The number of fused-ring (bicyclic) bond motifs is 3. The molecule has 6 heteroatoms. The number of hydrogen-bond acceptors (Lipinski definition) is 5. The van der Waals surface area contributed by atoms with Crippen LogP contribution < -0.4 is 10.2 Å². The quantitative estimate of drug-likeness (QED) is 0.802. The fourth-order valence-electron chi connectivity index (χ4n) is 2.48. The van der Waals surface area contributed by atoms with E-state index < -0.39 is 0 Å². The highest BCUT2D eigenvalue weighted by molar-refractivity contribution is 6.31. The van der Waals surface area contributed by atoms with E-state index in [1.807, 2.05) is 25.1 Å². The molecule has 1 N–H and O–H groups in total. The van der Waals surface area contributed by atoms with E-state index in [0.29, 0.717) is 11.0 Å². The summed E-state index contributed by atoms with van der Waals surface area (Å²) in [4.78, 5) is 11.3. The summed E-state index contributed by atoms with van der Waals surface area (Å²) in [7, 11) is 0. The number of halogens is 1. The number of furan rings is 1. The number of aromatic nitrogens is 2. The highest BCUT2D eigenvalue weighted by Gasteiger charge is 2.24. The summed E-state index contributed by atoms with van der Waals surface area (Å²) in [5.74, 6) is 1.46. The average molecular weight is 302 g/mol. The number of nitrogens with zero attached hydrogens (tertiary/aromatic N) is 3. The molecule has 0 amide bonds. The molecule has 1 fully saturated rings. The Kier molecular flexibility index (Phi) is 2.89. The molecule has 0 saturated carbocycles. The molecule has 1 aromatic carbocycles. The predicted octanol–water partition coefficient (Wildman–Crippen LogP) is 3.49. The van der Waals surface area contributed by atoms with Gasteiger partial charge in [-0.3, -0.25) is 0 Å². The molecular weight excluding hydrogens is 288 g/mol. The van der Waals surface area contributed by atoms with Gasteiger partial charge in [0.05, 0.1) is 0 Å². The smallest absolute Gasteiger partial charge is 0.225 e. The molecule has 4 rings (SSSR count). The van der Waals surface area contributed by atoms with Gasteiger partial charge in [-0.1, -0.05) is 11.6 Å². The summed E-state index contributed by atoms with van der Waals surface area (Å²) in [5.41, 5.74) is 2.31. The lowest BCUT2D eigenvalue weighted by Gasteiger charge is -2.31. The van der Waals surface area contributed by atoms with Crippen LogP contribution in [-0.4, -0.2) is 29.6 Å². The van der Waals surface area contributed by atoms with Crippen LogP contribution in [0.25, 0.3) is 22.1 Å². The number of rotatable bonds is 3. The maximum atomic E-state index is 6.10. The van der Waals surface area contributed by atoms with Crippen molar-refractivity contribution in [2.45, 2.75) is 6.92 Å². The highest BCUT2D eigenvalue weighted by Crippen LogP contribution is 2.36. The lowest BCUT2D eigenvalue weighted by molar-refractivity contribution is 0.654. The molecule has 0 spiro atoms. The summed E-state index contributed by atoms with van der Waals surface area (Å²) < 4.78 is 5.96. The van der Waals surface area contributed by atoms with Crippen molar-refractivity contribution in [1.82, 2.24) is 9.97 Å². The van der Waals surface area contributed by atoms with E-state index in [0.717, 1.165) is 47.5 Å². The summed E-state index contributed by atoms with van der Waals surface area (Å²) in [6.45, 7) is 4.56. The minimum atomic E-state index is 0.620. The van der Waals surface area contributed by atoms with Crippen molar-refractivity contribution in [1.29, 1.82) is 0 Å². The van der Waals surface area contributed by atoms with Gasteiger partial charge in [0.25, 0.3) is 0 Å². The van der Waals surface area contributed by atoms with E-state index in [1.54, 1.807) is 0 Å². The van der Waals surface area contributed by atoms with E-state index in [1.165, 1.54) is 0 Å². The summed E-state index contributed by atoms with van der Waals surface area (Å²) >= 11 is 6.10. The average Bonchev–Trinajstić information content (AvgIpc) is 2.76. The van der Waals surface area contributed by atoms with Gasteiger partial charge in [0.2, 0.25) is 5.95 Å². The maximum absolute atomic E-state index is 6.10. The first-order chi connectivity index (χ1) is 10.3. The number of hydrogen-bond donors (Lipinski definition) is 1. The summed E-state index contributed by atoms with van der Waals surface area (Å²) in [6.07, 6.45) is 2.19. The van der Waals surface area contributed by atoms with Crippen LogP contribution in [-0.2, 0) is 0 Å². The Morgan fingerprint density at radius 2 is 2.19 bits per heavy atom. The Morgan fingerprint density at radius 1 is 1.33 bits per heavy atom. The molecule has 0 bridgehead atoms. The lowest BCUT2D eigenvalue weighted by Crippen LogP contribution is -2.38. The molecular formula is C15H14ClN4O. The van der Waals surface area contributed by atoms with Gasteiger partial charge in [-0.05, 0) is 25.1 Å². The zero-order valence-corrected chi connectivity index (χ0v) is 12.3. The molecule has 2 aromatic heterocycles. The van der Waals surface area contributed by atoms with Gasteiger partial charge in [-0.25, -0.2) is 4.98 Å². The van der Waals surface area contributed by atoms with Crippen molar-refractivity contribution >= 4 is 45.4 Å². The van der Waals surface area contributed by atoms with Crippen molar-refractivity contribution in [2.75, 3.05) is 29.9 Å². The van der Waals surface area contributed by atoms with E-state index in [9.17, 15) is 0 Å². The Morgan fingerprint density at radius 3 is 2.90 bits per heavy atom. The fourth-order valence-corrected chi connectivity index (χ4v) is 2.66. The zero-order valence-electron chi connectivity index (χ0n) is 11.6. The van der Waals surface area contributed by atoms with E-state index in [-0.39, 0.29) is 0 Å². The standard InChI is InChI=1S/C15H14ClN4O/c1-2-17-15-18-12-10-8-9(16)4-5-11(10)21-13(12)14(19-15)20-6-3-7-20/h3-5,8H,2,6-7H2,1H3,(H,17,18,19). The first-order valence-electron chi connectivity index (χ1n) is 6.96. The lowest BCUT2D eigenvalue weighted by atomic mass is 10.2. The van der Waals surface area contributed by atoms with E-state index >= 15 is 0 Å². The van der Waals surface area contributed by atoms with Crippen LogP contribution in [0.3, 0.4) is 0 Å². The third-order valence-corrected chi connectivity index (χ3v) is 3.82. The second kappa shape index (κ2) is 4.77. The monoisotopic (exact) mass is 301 g/mol. The van der Waals surface area contributed by atoms with Crippen molar-refractivity contribution < 1.29 is 4.42 Å².